The molecule has 1 N–H and O–H groups in total. The van der Waals surface area contributed by atoms with E-state index in [2.05, 4.69) is 5.32 Å². The largest absolute Gasteiger partial charge is 0.497 e. The fourth-order valence-electron chi connectivity index (χ4n) is 2.21. The SMILES string of the molecule is CNC(=O)CC1CC(=O)c2ccc(OC)cc21. The Morgan fingerprint density at radius 3 is 2.94 bits per heavy atom. The zero-order valence-corrected chi connectivity index (χ0v) is 9.95. The number of hydrogen-bond donors (Lipinski definition) is 1. The van der Waals surface area contributed by atoms with E-state index in [4.69, 9.17) is 4.74 Å². The predicted molar refractivity (Wildman–Crippen MR) is 63.4 cm³/mol. The second kappa shape index (κ2) is 4.57. The summed E-state index contributed by atoms with van der Waals surface area (Å²) in [6, 6.07) is 5.41. The van der Waals surface area contributed by atoms with E-state index in [1.807, 2.05) is 6.07 Å². The second-order valence-electron chi connectivity index (χ2n) is 4.15. The predicted octanol–water partition coefficient (Wildman–Crippen LogP) is 1.50. The lowest BCUT2D eigenvalue weighted by Gasteiger charge is -2.10. The highest BCUT2D eigenvalue weighted by Crippen LogP contribution is 2.37. The maximum atomic E-state index is 11.8. The van der Waals surface area contributed by atoms with Crippen molar-refractivity contribution in [2.75, 3.05) is 14.2 Å². The minimum Gasteiger partial charge on any atom is -0.497 e. The number of benzene rings is 1. The molecule has 0 saturated heterocycles. The lowest BCUT2D eigenvalue weighted by Crippen LogP contribution is -2.19. The Morgan fingerprint density at radius 1 is 1.53 bits per heavy atom. The number of amides is 1. The number of ether oxygens (including phenoxy) is 1. The lowest BCUT2D eigenvalue weighted by atomic mass is 9.97. The maximum absolute atomic E-state index is 11.8. The van der Waals surface area contributed by atoms with E-state index in [0.717, 1.165) is 16.9 Å². The van der Waals surface area contributed by atoms with Gasteiger partial charge in [-0.1, -0.05) is 0 Å². The van der Waals surface area contributed by atoms with Crippen LogP contribution in [0, 0.1) is 0 Å². The van der Waals surface area contributed by atoms with Gasteiger partial charge in [-0.3, -0.25) is 9.59 Å². The monoisotopic (exact) mass is 233 g/mol. The smallest absolute Gasteiger partial charge is 0.220 e. The van der Waals surface area contributed by atoms with Crippen LogP contribution >= 0.6 is 0 Å². The molecule has 0 aromatic heterocycles. The van der Waals surface area contributed by atoms with Gasteiger partial charge in [-0.05, 0) is 23.8 Å². The highest BCUT2D eigenvalue weighted by atomic mass is 16.5. The maximum Gasteiger partial charge on any atom is 0.220 e. The summed E-state index contributed by atoms with van der Waals surface area (Å²) in [6.07, 6.45) is 0.762. The van der Waals surface area contributed by atoms with Crippen molar-refractivity contribution >= 4 is 11.7 Å². The third-order valence-corrected chi connectivity index (χ3v) is 3.14. The Hall–Kier alpha value is -1.84. The molecule has 1 amide bonds. The lowest BCUT2D eigenvalue weighted by molar-refractivity contribution is -0.120. The summed E-state index contributed by atoms with van der Waals surface area (Å²) >= 11 is 0. The molecule has 0 aliphatic heterocycles. The first-order chi connectivity index (χ1) is 8.15. The molecule has 0 fully saturated rings. The molecule has 17 heavy (non-hydrogen) atoms. The average Bonchev–Trinajstić information content (AvgIpc) is 2.65. The van der Waals surface area contributed by atoms with Crippen LogP contribution in [-0.4, -0.2) is 25.8 Å². The molecule has 0 saturated carbocycles. The molecule has 0 spiro atoms. The molecule has 4 heteroatoms. The fourth-order valence-corrected chi connectivity index (χ4v) is 2.21. The van der Waals surface area contributed by atoms with Gasteiger partial charge in [-0.25, -0.2) is 0 Å². The first-order valence-electron chi connectivity index (χ1n) is 5.57. The van der Waals surface area contributed by atoms with Gasteiger partial charge in [-0.2, -0.15) is 0 Å². The van der Waals surface area contributed by atoms with E-state index in [-0.39, 0.29) is 17.6 Å². The van der Waals surface area contributed by atoms with Crippen molar-refractivity contribution in [2.24, 2.45) is 0 Å². The van der Waals surface area contributed by atoms with Crippen molar-refractivity contribution in [1.29, 1.82) is 0 Å². The van der Waals surface area contributed by atoms with Crippen LogP contribution in [0.2, 0.25) is 0 Å². The van der Waals surface area contributed by atoms with Gasteiger partial charge in [0, 0.05) is 31.4 Å². The molecular formula is C13H15NO3. The van der Waals surface area contributed by atoms with Crippen LogP contribution in [0.3, 0.4) is 0 Å². The third-order valence-electron chi connectivity index (χ3n) is 3.14. The standard InChI is InChI=1S/C13H15NO3/c1-14-13(16)6-8-5-12(15)10-4-3-9(17-2)7-11(8)10/h3-4,7-8H,5-6H2,1-2H3,(H,14,16). The topological polar surface area (TPSA) is 55.4 Å². The van der Waals surface area contributed by atoms with Gasteiger partial charge in [-0.15, -0.1) is 0 Å². The summed E-state index contributed by atoms with van der Waals surface area (Å²) in [5.41, 5.74) is 1.65. The number of fused-ring (bicyclic) bond motifs is 1. The van der Waals surface area contributed by atoms with Gasteiger partial charge in [0.25, 0.3) is 0 Å². The summed E-state index contributed by atoms with van der Waals surface area (Å²) in [6.45, 7) is 0. The van der Waals surface area contributed by atoms with E-state index in [9.17, 15) is 9.59 Å². The summed E-state index contributed by atoms with van der Waals surface area (Å²) in [5.74, 6) is 0.767. The summed E-state index contributed by atoms with van der Waals surface area (Å²) in [7, 11) is 3.19. The molecule has 1 aliphatic carbocycles. The molecule has 4 nitrogen and oxygen atoms in total. The molecule has 0 bridgehead atoms. The van der Waals surface area contributed by atoms with Crippen molar-refractivity contribution in [3.63, 3.8) is 0 Å². The van der Waals surface area contributed by atoms with Gasteiger partial charge in [0.15, 0.2) is 5.78 Å². The number of carbonyl (C=O) groups excluding carboxylic acids is 2. The molecule has 1 aromatic carbocycles. The van der Waals surface area contributed by atoms with Crippen LogP contribution in [0.4, 0.5) is 0 Å². The highest BCUT2D eigenvalue weighted by Gasteiger charge is 2.30. The van der Waals surface area contributed by atoms with Gasteiger partial charge < -0.3 is 10.1 Å². The molecule has 1 aliphatic rings. The van der Waals surface area contributed by atoms with Crippen molar-refractivity contribution in [2.45, 2.75) is 18.8 Å². The molecule has 0 radical (unpaired) electrons. The van der Waals surface area contributed by atoms with Gasteiger partial charge >= 0.3 is 0 Å². The summed E-state index contributed by atoms with van der Waals surface area (Å²) < 4.78 is 5.14. The van der Waals surface area contributed by atoms with Crippen molar-refractivity contribution in [1.82, 2.24) is 5.32 Å². The Morgan fingerprint density at radius 2 is 2.29 bits per heavy atom. The van der Waals surface area contributed by atoms with Crippen LogP contribution in [0.15, 0.2) is 18.2 Å². The van der Waals surface area contributed by atoms with Gasteiger partial charge in [0.05, 0.1) is 7.11 Å². The first-order valence-corrected chi connectivity index (χ1v) is 5.57. The van der Waals surface area contributed by atoms with Crippen LogP contribution in [0.25, 0.3) is 0 Å². The molecule has 1 atom stereocenters. The van der Waals surface area contributed by atoms with E-state index in [1.54, 1.807) is 26.3 Å². The number of hydrogen-bond acceptors (Lipinski definition) is 3. The van der Waals surface area contributed by atoms with Crippen LogP contribution in [0.1, 0.15) is 34.7 Å². The number of methoxy groups -OCH3 is 1. The van der Waals surface area contributed by atoms with E-state index in [0.29, 0.717) is 12.8 Å². The normalized spacial score (nSPS) is 17.8. The number of Topliss-reactive ketones (excluding diaryl/α,β-unsaturated/α-hetero) is 1. The molecule has 1 unspecified atom stereocenters. The second-order valence-corrected chi connectivity index (χ2v) is 4.15. The van der Waals surface area contributed by atoms with Crippen molar-refractivity contribution in [3.05, 3.63) is 29.3 Å². The van der Waals surface area contributed by atoms with Crippen molar-refractivity contribution in [3.8, 4) is 5.75 Å². The minimum atomic E-state index is -0.0431. The minimum absolute atomic E-state index is 0.0208. The highest BCUT2D eigenvalue weighted by molar-refractivity contribution is 6.02. The molecular weight excluding hydrogens is 218 g/mol. The molecule has 0 heterocycles. The number of ketones is 1. The van der Waals surface area contributed by atoms with Gasteiger partial charge in [0.1, 0.15) is 5.75 Å². The molecule has 2 rings (SSSR count). The quantitative estimate of drug-likeness (QED) is 0.860. The number of rotatable bonds is 3. The zero-order valence-electron chi connectivity index (χ0n) is 9.95. The fraction of sp³-hybridized carbons (Fsp3) is 0.385. The molecule has 90 valence electrons. The van der Waals surface area contributed by atoms with Crippen LogP contribution < -0.4 is 10.1 Å². The zero-order chi connectivity index (χ0) is 12.4. The van der Waals surface area contributed by atoms with Crippen LogP contribution in [0.5, 0.6) is 5.75 Å². The Labute approximate surface area is 100.0 Å². The molecule has 1 aromatic rings. The summed E-state index contributed by atoms with van der Waals surface area (Å²) in [5, 5.41) is 2.58. The average molecular weight is 233 g/mol. The number of nitrogens with one attached hydrogen (secondary N) is 1. The summed E-state index contributed by atoms with van der Waals surface area (Å²) in [4.78, 5) is 23.2. The third kappa shape index (κ3) is 2.16. The van der Waals surface area contributed by atoms with E-state index >= 15 is 0 Å². The Bertz CT molecular complexity index is 468. The Kier molecular flexibility index (Phi) is 3.13. The van der Waals surface area contributed by atoms with E-state index in [1.165, 1.54) is 0 Å². The number of carbonyl (C=O) groups is 2. The van der Waals surface area contributed by atoms with E-state index < -0.39 is 0 Å². The van der Waals surface area contributed by atoms with Crippen LogP contribution in [-0.2, 0) is 4.79 Å². The Balaban J connectivity index is 2.31. The first kappa shape index (κ1) is 11.6. The van der Waals surface area contributed by atoms with Crippen molar-refractivity contribution < 1.29 is 14.3 Å². The van der Waals surface area contributed by atoms with Gasteiger partial charge in [0.2, 0.25) is 5.91 Å².